The van der Waals surface area contributed by atoms with E-state index in [0.29, 0.717) is 16.9 Å². The van der Waals surface area contributed by atoms with Gasteiger partial charge in [-0.3, -0.25) is 9.78 Å². The molecule has 0 saturated carbocycles. The molecule has 0 bridgehead atoms. The standard InChI is InChI=1S/C20H15N5O4/c1-29-15-8-12(7-14(9-15)19(27)28)11-22-25-20-23-17(13-5-3-2-4-6-13)16(10-21)18(26)24-20/h2-9,11H,1H3,(H,27,28)(H2,23,24,25,26). The Morgan fingerprint density at radius 3 is 2.72 bits per heavy atom. The number of ether oxygens (including phenoxy) is 1. The van der Waals surface area contributed by atoms with Crippen LogP contribution in [0.1, 0.15) is 21.5 Å². The number of nitrogens with one attached hydrogen (secondary N) is 2. The minimum absolute atomic E-state index is 0.0328. The van der Waals surface area contributed by atoms with Crippen molar-refractivity contribution in [2.24, 2.45) is 5.10 Å². The number of nitrogens with zero attached hydrogens (tertiary/aromatic N) is 3. The van der Waals surface area contributed by atoms with E-state index in [9.17, 15) is 14.9 Å². The summed E-state index contributed by atoms with van der Waals surface area (Å²) in [6, 6.07) is 15.1. The van der Waals surface area contributed by atoms with E-state index in [1.165, 1.54) is 25.5 Å². The van der Waals surface area contributed by atoms with E-state index in [4.69, 9.17) is 9.84 Å². The molecule has 0 amide bonds. The molecule has 144 valence electrons. The third-order valence-electron chi connectivity index (χ3n) is 3.87. The lowest BCUT2D eigenvalue weighted by atomic mass is 10.1. The van der Waals surface area contributed by atoms with Gasteiger partial charge in [-0.15, -0.1) is 0 Å². The first kappa shape index (κ1) is 19.3. The van der Waals surface area contributed by atoms with Crippen LogP contribution in [0.2, 0.25) is 0 Å². The van der Waals surface area contributed by atoms with E-state index in [1.54, 1.807) is 30.3 Å². The molecule has 1 heterocycles. The molecule has 0 saturated heterocycles. The molecule has 0 aliphatic carbocycles. The number of carboxylic acids is 1. The maximum atomic E-state index is 12.2. The van der Waals surface area contributed by atoms with Crippen LogP contribution in [-0.4, -0.2) is 34.4 Å². The highest BCUT2D eigenvalue weighted by atomic mass is 16.5. The molecule has 0 fully saturated rings. The maximum Gasteiger partial charge on any atom is 0.335 e. The first-order valence-electron chi connectivity index (χ1n) is 8.33. The van der Waals surface area contributed by atoms with Gasteiger partial charge in [-0.1, -0.05) is 30.3 Å². The Morgan fingerprint density at radius 1 is 1.31 bits per heavy atom. The van der Waals surface area contributed by atoms with Crippen molar-refractivity contribution >= 4 is 18.1 Å². The molecule has 0 spiro atoms. The molecule has 3 rings (SSSR count). The highest BCUT2D eigenvalue weighted by Crippen LogP contribution is 2.19. The predicted octanol–water partition coefficient (Wildman–Crippen LogP) is 2.46. The topological polar surface area (TPSA) is 140 Å². The fraction of sp³-hybridized carbons (Fsp3) is 0.0500. The van der Waals surface area contributed by atoms with Crippen molar-refractivity contribution in [1.29, 1.82) is 5.26 Å². The number of aromatic nitrogens is 2. The van der Waals surface area contributed by atoms with Gasteiger partial charge in [0.25, 0.3) is 5.56 Å². The van der Waals surface area contributed by atoms with Crippen molar-refractivity contribution in [2.75, 3.05) is 12.5 Å². The third-order valence-corrected chi connectivity index (χ3v) is 3.87. The minimum Gasteiger partial charge on any atom is -0.497 e. The fourth-order valence-electron chi connectivity index (χ4n) is 2.54. The number of hydrogen-bond acceptors (Lipinski definition) is 7. The Hall–Kier alpha value is -4.45. The van der Waals surface area contributed by atoms with Gasteiger partial charge in [0, 0.05) is 5.56 Å². The predicted molar refractivity (Wildman–Crippen MR) is 106 cm³/mol. The zero-order chi connectivity index (χ0) is 20.8. The number of hydrazone groups is 1. The average molecular weight is 389 g/mol. The molecule has 3 N–H and O–H groups in total. The summed E-state index contributed by atoms with van der Waals surface area (Å²) in [5, 5.41) is 22.4. The molecule has 0 unspecified atom stereocenters. The number of aromatic amines is 1. The van der Waals surface area contributed by atoms with Crippen molar-refractivity contribution < 1.29 is 14.6 Å². The summed E-state index contributed by atoms with van der Waals surface area (Å²) in [5.74, 6) is -0.704. The highest BCUT2D eigenvalue weighted by Gasteiger charge is 2.13. The zero-order valence-corrected chi connectivity index (χ0v) is 15.2. The van der Waals surface area contributed by atoms with E-state index in [2.05, 4.69) is 20.5 Å². The van der Waals surface area contributed by atoms with Gasteiger partial charge < -0.3 is 9.84 Å². The fourth-order valence-corrected chi connectivity index (χ4v) is 2.54. The molecule has 2 aromatic carbocycles. The normalized spacial score (nSPS) is 10.5. The largest absolute Gasteiger partial charge is 0.497 e. The van der Waals surface area contributed by atoms with Gasteiger partial charge in [0.1, 0.15) is 17.4 Å². The quantitative estimate of drug-likeness (QED) is 0.434. The summed E-state index contributed by atoms with van der Waals surface area (Å²) in [6.07, 6.45) is 1.36. The summed E-state index contributed by atoms with van der Waals surface area (Å²) in [5.41, 5.74) is 3.22. The molecule has 0 aliphatic heterocycles. The van der Waals surface area contributed by atoms with Gasteiger partial charge in [0.05, 0.1) is 24.6 Å². The van der Waals surface area contributed by atoms with E-state index in [0.717, 1.165) is 0 Å². The first-order chi connectivity index (χ1) is 14.0. The Balaban J connectivity index is 1.91. The Kier molecular flexibility index (Phi) is 5.66. The molecule has 9 nitrogen and oxygen atoms in total. The van der Waals surface area contributed by atoms with Crippen molar-refractivity contribution in [3.05, 3.63) is 75.6 Å². The van der Waals surface area contributed by atoms with Crippen molar-refractivity contribution in [3.63, 3.8) is 0 Å². The van der Waals surface area contributed by atoms with Crippen LogP contribution in [0.25, 0.3) is 11.3 Å². The van der Waals surface area contributed by atoms with Gasteiger partial charge in [0.15, 0.2) is 0 Å². The monoisotopic (exact) mass is 389 g/mol. The zero-order valence-electron chi connectivity index (χ0n) is 15.2. The van der Waals surface area contributed by atoms with Gasteiger partial charge in [0.2, 0.25) is 5.95 Å². The molecule has 0 aliphatic rings. The van der Waals surface area contributed by atoms with Gasteiger partial charge in [-0.05, 0) is 23.8 Å². The average Bonchev–Trinajstić information content (AvgIpc) is 2.73. The van der Waals surface area contributed by atoms with Crippen molar-refractivity contribution in [3.8, 4) is 23.1 Å². The number of anilines is 1. The molecule has 9 heteroatoms. The molecule has 3 aromatic rings. The minimum atomic E-state index is -1.10. The smallest absolute Gasteiger partial charge is 0.335 e. The number of hydrogen-bond donors (Lipinski definition) is 3. The number of carboxylic acid groups (broad SMARTS) is 1. The molecular weight excluding hydrogens is 374 g/mol. The number of methoxy groups -OCH3 is 1. The van der Waals surface area contributed by atoms with E-state index >= 15 is 0 Å². The molecular formula is C20H15N5O4. The number of nitriles is 1. The Morgan fingerprint density at radius 2 is 2.07 bits per heavy atom. The van der Waals surface area contributed by atoms with Gasteiger partial charge in [-0.2, -0.15) is 10.4 Å². The number of carbonyl (C=O) groups is 1. The summed E-state index contributed by atoms with van der Waals surface area (Å²) in [6.45, 7) is 0. The lowest BCUT2D eigenvalue weighted by Crippen LogP contribution is -2.16. The van der Waals surface area contributed by atoms with Crippen LogP contribution in [0, 0.1) is 11.3 Å². The lowest BCUT2D eigenvalue weighted by molar-refractivity contribution is 0.0696. The van der Waals surface area contributed by atoms with Crippen LogP contribution in [0.3, 0.4) is 0 Å². The van der Waals surface area contributed by atoms with E-state index in [1.807, 2.05) is 12.1 Å². The van der Waals surface area contributed by atoms with Crippen LogP contribution in [0.15, 0.2) is 58.4 Å². The van der Waals surface area contributed by atoms with Crippen molar-refractivity contribution in [1.82, 2.24) is 9.97 Å². The van der Waals surface area contributed by atoms with Crippen LogP contribution in [-0.2, 0) is 0 Å². The lowest BCUT2D eigenvalue weighted by Gasteiger charge is -2.06. The SMILES string of the molecule is COc1cc(C=NNc2nc(-c3ccccc3)c(C#N)c(=O)[nH]2)cc(C(=O)O)c1. The summed E-state index contributed by atoms with van der Waals surface area (Å²) in [4.78, 5) is 30.1. The van der Waals surface area contributed by atoms with E-state index < -0.39 is 11.5 Å². The Labute approximate surface area is 164 Å². The van der Waals surface area contributed by atoms with Crippen LogP contribution in [0.5, 0.6) is 5.75 Å². The molecule has 29 heavy (non-hydrogen) atoms. The second-order valence-corrected chi connectivity index (χ2v) is 5.79. The number of aromatic carboxylic acids is 1. The molecule has 0 radical (unpaired) electrons. The summed E-state index contributed by atoms with van der Waals surface area (Å²) < 4.78 is 5.08. The van der Waals surface area contributed by atoms with Crippen molar-refractivity contribution in [2.45, 2.75) is 0 Å². The number of rotatable bonds is 6. The summed E-state index contributed by atoms with van der Waals surface area (Å²) in [7, 11) is 1.43. The van der Waals surface area contributed by atoms with Gasteiger partial charge >= 0.3 is 5.97 Å². The Bertz CT molecular complexity index is 1180. The van der Waals surface area contributed by atoms with Crippen LogP contribution in [0.4, 0.5) is 5.95 Å². The number of benzene rings is 2. The second-order valence-electron chi connectivity index (χ2n) is 5.79. The number of H-pyrrole nitrogens is 1. The molecule has 0 atom stereocenters. The maximum absolute atomic E-state index is 12.2. The first-order valence-corrected chi connectivity index (χ1v) is 8.33. The third kappa shape index (κ3) is 4.45. The highest BCUT2D eigenvalue weighted by molar-refractivity contribution is 5.91. The van der Waals surface area contributed by atoms with Crippen LogP contribution >= 0.6 is 0 Å². The van der Waals surface area contributed by atoms with Gasteiger partial charge in [-0.25, -0.2) is 15.2 Å². The summed E-state index contributed by atoms with van der Waals surface area (Å²) >= 11 is 0. The van der Waals surface area contributed by atoms with Crippen LogP contribution < -0.4 is 15.7 Å². The molecule has 1 aromatic heterocycles. The van der Waals surface area contributed by atoms with E-state index in [-0.39, 0.29) is 22.8 Å². The second kappa shape index (κ2) is 8.49.